The van der Waals surface area contributed by atoms with Gasteiger partial charge >= 0.3 is 0 Å². The molecule has 94 valence electrons. The summed E-state index contributed by atoms with van der Waals surface area (Å²) in [5.41, 5.74) is 1.31. The summed E-state index contributed by atoms with van der Waals surface area (Å²) >= 11 is 1.83. The van der Waals surface area contributed by atoms with Crippen molar-refractivity contribution >= 4 is 11.3 Å². The van der Waals surface area contributed by atoms with Gasteiger partial charge in [-0.1, -0.05) is 6.92 Å². The number of aromatic nitrogens is 1. The van der Waals surface area contributed by atoms with Gasteiger partial charge in [0.1, 0.15) is 5.01 Å². The first kappa shape index (κ1) is 11.6. The first-order chi connectivity index (χ1) is 8.24. The van der Waals surface area contributed by atoms with Crippen molar-refractivity contribution in [3.63, 3.8) is 0 Å². The molecule has 1 N–H and O–H groups in total. The average Bonchev–Trinajstić information content (AvgIpc) is 2.78. The van der Waals surface area contributed by atoms with Crippen LogP contribution < -0.4 is 5.32 Å². The lowest BCUT2D eigenvalue weighted by Crippen LogP contribution is -2.63. The Bertz CT molecular complexity index is 395. The molecule has 0 spiro atoms. The van der Waals surface area contributed by atoms with E-state index in [1.165, 1.54) is 36.6 Å². The topological polar surface area (TPSA) is 28.2 Å². The van der Waals surface area contributed by atoms with Crippen LogP contribution in [0, 0.1) is 12.8 Å². The largest absolute Gasteiger partial charge is 0.304 e. The fourth-order valence-electron chi connectivity index (χ4n) is 3.46. The number of hydrogen-bond acceptors (Lipinski definition) is 4. The van der Waals surface area contributed by atoms with Gasteiger partial charge in [-0.15, -0.1) is 11.3 Å². The smallest absolute Gasteiger partial charge is 0.115 e. The van der Waals surface area contributed by atoms with Crippen molar-refractivity contribution in [2.75, 3.05) is 26.2 Å². The molecule has 4 heteroatoms. The summed E-state index contributed by atoms with van der Waals surface area (Å²) in [4.78, 5) is 7.37. The molecule has 3 saturated heterocycles. The molecule has 3 fully saturated rings. The normalized spacial score (nSPS) is 36.4. The minimum atomic E-state index is 0.143. The van der Waals surface area contributed by atoms with E-state index >= 15 is 0 Å². The number of likely N-dealkylation sites (N-methyl/N-ethyl adjacent to an activating group) is 1. The number of hydrogen-bond donors (Lipinski definition) is 1. The summed E-state index contributed by atoms with van der Waals surface area (Å²) < 4.78 is 0. The second-order valence-corrected chi connectivity index (χ2v) is 6.20. The summed E-state index contributed by atoms with van der Waals surface area (Å²) in [6, 6.07) is 0. The van der Waals surface area contributed by atoms with Crippen LogP contribution in [0.4, 0.5) is 0 Å². The van der Waals surface area contributed by atoms with Gasteiger partial charge in [-0.25, -0.2) is 4.98 Å². The Hall–Kier alpha value is -0.450. The molecule has 4 heterocycles. The molecule has 4 rings (SSSR count). The molecule has 0 radical (unpaired) electrons. The molecule has 17 heavy (non-hydrogen) atoms. The van der Waals surface area contributed by atoms with E-state index in [1.54, 1.807) is 0 Å². The van der Waals surface area contributed by atoms with E-state index in [9.17, 15) is 0 Å². The highest BCUT2D eigenvalue weighted by molar-refractivity contribution is 7.09. The number of rotatable bonds is 3. The average molecular weight is 251 g/mol. The predicted molar refractivity (Wildman–Crippen MR) is 71.4 cm³/mol. The monoisotopic (exact) mass is 251 g/mol. The van der Waals surface area contributed by atoms with E-state index in [2.05, 4.69) is 29.4 Å². The van der Waals surface area contributed by atoms with Crippen molar-refractivity contribution in [1.29, 1.82) is 0 Å². The maximum atomic E-state index is 4.77. The van der Waals surface area contributed by atoms with Crippen LogP contribution in [0.1, 0.15) is 30.5 Å². The first-order valence-electron chi connectivity index (χ1n) is 6.64. The number of thiazole rings is 1. The molecule has 1 atom stereocenters. The van der Waals surface area contributed by atoms with Gasteiger partial charge in [-0.05, 0) is 45.3 Å². The van der Waals surface area contributed by atoms with Gasteiger partial charge in [0, 0.05) is 17.6 Å². The molecule has 0 aromatic carbocycles. The van der Waals surface area contributed by atoms with E-state index < -0.39 is 0 Å². The van der Waals surface area contributed by atoms with Crippen LogP contribution >= 0.6 is 11.3 Å². The van der Waals surface area contributed by atoms with Gasteiger partial charge in [0.25, 0.3) is 0 Å². The van der Waals surface area contributed by atoms with Crippen LogP contribution in [0.25, 0.3) is 0 Å². The second kappa shape index (κ2) is 4.34. The van der Waals surface area contributed by atoms with Gasteiger partial charge in [0.2, 0.25) is 0 Å². The van der Waals surface area contributed by atoms with Crippen LogP contribution in [0.15, 0.2) is 5.38 Å². The predicted octanol–water partition coefficient (Wildman–Crippen LogP) is 1.98. The zero-order valence-corrected chi connectivity index (χ0v) is 11.5. The molecule has 3 aliphatic heterocycles. The number of piperidine rings is 3. The number of aryl methyl sites for hydroxylation is 1. The van der Waals surface area contributed by atoms with Gasteiger partial charge in [0.15, 0.2) is 0 Å². The van der Waals surface area contributed by atoms with E-state index in [0.717, 1.165) is 19.0 Å². The van der Waals surface area contributed by atoms with Crippen molar-refractivity contribution in [3.05, 3.63) is 16.1 Å². The van der Waals surface area contributed by atoms with E-state index in [0.29, 0.717) is 0 Å². The Morgan fingerprint density at radius 3 is 2.76 bits per heavy atom. The lowest BCUT2D eigenvalue weighted by Gasteiger charge is -2.52. The third-order valence-corrected chi connectivity index (χ3v) is 5.39. The zero-order chi connectivity index (χ0) is 11.9. The Kier molecular flexibility index (Phi) is 2.97. The number of fused-ring (bicyclic) bond motifs is 3. The molecule has 1 unspecified atom stereocenters. The first-order valence-corrected chi connectivity index (χ1v) is 7.52. The Morgan fingerprint density at radius 1 is 1.53 bits per heavy atom. The number of nitrogens with zero attached hydrogens (tertiary/aromatic N) is 2. The van der Waals surface area contributed by atoms with E-state index in [-0.39, 0.29) is 5.54 Å². The summed E-state index contributed by atoms with van der Waals surface area (Å²) in [6.07, 6.45) is 2.65. The van der Waals surface area contributed by atoms with Crippen molar-refractivity contribution in [2.24, 2.45) is 5.92 Å². The van der Waals surface area contributed by atoms with Crippen LogP contribution in [-0.2, 0) is 5.54 Å². The maximum Gasteiger partial charge on any atom is 0.115 e. The number of nitrogens with one attached hydrogen (secondary N) is 1. The summed E-state index contributed by atoms with van der Waals surface area (Å²) in [5, 5.41) is 7.26. The molecular formula is C13H21N3S. The van der Waals surface area contributed by atoms with Crippen LogP contribution in [0.3, 0.4) is 0 Å². The maximum absolute atomic E-state index is 4.77. The quantitative estimate of drug-likeness (QED) is 0.890. The molecule has 3 aliphatic rings. The molecule has 1 aromatic rings. The fourth-order valence-corrected chi connectivity index (χ4v) is 4.50. The molecule has 0 amide bonds. The second-order valence-electron chi connectivity index (χ2n) is 5.35. The lowest BCUT2D eigenvalue weighted by molar-refractivity contribution is 0.00399. The van der Waals surface area contributed by atoms with Gasteiger partial charge in [0.05, 0.1) is 5.54 Å². The highest BCUT2D eigenvalue weighted by atomic mass is 32.1. The lowest BCUT2D eigenvalue weighted by atomic mass is 9.73. The van der Waals surface area contributed by atoms with Crippen LogP contribution in [0.2, 0.25) is 0 Å². The molecule has 0 saturated carbocycles. The standard InChI is InChI=1S/C13H21N3S/c1-3-14-13(12-15-10(2)8-17-12)9-16-6-4-11(13)5-7-16/h8,11,14H,3-7,9H2,1-2H3. The minimum absolute atomic E-state index is 0.143. The highest BCUT2D eigenvalue weighted by Crippen LogP contribution is 2.43. The Balaban J connectivity index is 1.98. The van der Waals surface area contributed by atoms with Gasteiger partial charge in [-0.2, -0.15) is 0 Å². The Labute approximate surface area is 107 Å². The van der Waals surface area contributed by atoms with Crippen molar-refractivity contribution in [1.82, 2.24) is 15.2 Å². The van der Waals surface area contributed by atoms with Crippen molar-refractivity contribution < 1.29 is 0 Å². The molecule has 2 bridgehead atoms. The Morgan fingerprint density at radius 2 is 2.29 bits per heavy atom. The fraction of sp³-hybridized carbons (Fsp3) is 0.769. The van der Waals surface area contributed by atoms with Crippen LogP contribution in [-0.4, -0.2) is 36.1 Å². The zero-order valence-electron chi connectivity index (χ0n) is 10.7. The van der Waals surface area contributed by atoms with E-state index in [4.69, 9.17) is 4.98 Å². The summed E-state index contributed by atoms with van der Waals surface area (Å²) in [6.45, 7) is 9.05. The molecule has 1 aromatic heterocycles. The summed E-state index contributed by atoms with van der Waals surface area (Å²) in [5.74, 6) is 0.776. The third-order valence-electron chi connectivity index (χ3n) is 4.25. The molecular weight excluding hydrogens is 230 g/mol. The van der Waals surface area contributed by atoms with Gasteiger partial charge in [-0.3, -0.25) is 0 Å². The minimum Gasteiger partial charge on any atom is -0.304 e. The van der Waals surface area contributed by atoms with Gasteiger partial charge < -0.3 is 10.2 Å². The van der Waals surface area contributed by atoms with E-state index in [1.807, 2.05) is 11.3 Å². The van der Waals surface area contributed by atoms with Crippen molar-refractivity contribution in [2.45, 2.75) is 32.2 Å². The SMILES string of the molecule is CCNC1(c2nc(C)cs2)CN2CCC1CC2. The van der Waals surface area contributed by atoms with Crippen molar-refractivity contribution in [3.8, 4) is 0 Å². The summed E-state index contributed by atoms with van der Waals surface area (Å²) in [7, 11) is 0. The molecule has 3 nitrogen and oxygen atoms in total. The van der Waals surface area contributed by atoms with Crippen LogP contribution in [0.5, 0.6) is 0 Å². The molecule has 0 aliphatic carbocycles. The third kappa shape index (κ3) is 1.83. The highest BCUT2D eigenvalue weighted by Gasteiger charge is 2.48.